The molecule has 0 saturated carbocycles. The van der Waals surface area contributed by atoms with Crippen molar-refractivity contribution in [3.8, 4) is 0 Å². The maximum atomic E-state index is 12.7. The van der Waals surface area contributed by atoms with E-state index in [1.165, 1.54) is 11.8 Å². The fourth-order valence-corrected chi connectivity index (χ4v) is 4.32. The van der Waals surface area contributed by atoms with Crippen LogP contribution in [0, 0.1) is 0 Å². The minimum absolute atomic E-state index is 0.0955. The van der Waals surface area contributed by atoms with Crippen molar-refractivity contribution in [3.05, 3.63) is 53.6 Å². The number of anilines is 1. The van der Waals surface area contributed by atoms with Crippen LogP contribution in [-0.4, -0.2) is 45.1 Å². The van der Waals surface area contributed by atoms with Gasteiger partial charge in [0.05, 0.1) is 16.8 Å². The summed E-state index contributed by atoms with van der Waals surface area (Å²) in [5.41, 5.74) is 2.42. The van der Waals surface area contributed by atoms with Crippen molar-refractivity contribution in [1.29, 1.82) is 0 Å². The van der Waals surface area contributed by atoms with Gasteiger partial charge in [-0.25, -0.2) is 4.98 Å². The average Bonchev–Trinajstić information content (AvgIpc) is 3.37. The van der Waals surface area contributed by atoms with Crippen molar-refractivity contribution in [3.63, 3.8) is 0 Å². The summed E-state index contributed by atoms with van der Waals surface area (Å²) in [7, 11) is 0. The number of hydrogen-bond donors (Lipinski definition) is 1. The van der Waals surface area contributed by atoms with Gasteiger partial charge in [0.25, 0.3) is 0 Å². The molecule has 1 aliphatic heterocycles. The highest BCUT2D eigenvalue weighted by Gasteiger charge is 2.21. The van der Waals surface area contributed by atoms with Gasteiger partial charge in [-0.15, -0.1) is 0 Å². The Morgan fingerprint density at radius 2 is 1.79 bits per heavy atom. The van der Waals surface area contributed by atoms with Gasteiger partial charge in [-0.3, -0.25) is 9.59 Å². The summed E-state index contributed by atoms with van der Waals surface area (Å²) in [6, 6.07) is 14.7. The highest BCUT2D eigenvalue weighted by Crippen LogP contribution is 2.25. The van der Waals surface area contributed by atoms with E-state index in [0.717, 1.165) is 37.0 Å². The third kappa shape index (κ3) is 4.74. The molecule has 3 aromatic rings. The van der Waals surface area contributed by atoms with Gasteiger partial charge in [-0.05, 0) is 49.2 Å². The van der Waals surface area contributed by atoms with E-state index in [2.05, 4.69) is 10.3 Å². The first-order valence-corrected chi connectivity index (χ1v) is 10.9. The molecule has 0 unspecified atom stereocenters. The SMILES string of the molecule is O=C(CSc1nc2ccccc2n1CC(=O)N1CCCC1)Nc1ccc(Cl)cc1. The van der Waals surface area contributed by atoms with Crippen molar-refractivity contribution in [2.24, 2.45) is 0 Å². The largest absolute Gasteiger partial charge is 0.341 e. The van der Waals surface area contributed by atoms with Crippen LogP contribution in [0.2, 0.25) is 5.02 Å². The highest BCUT2D eigenvalue weighted by molar-refractivity contribution is 7.99. The van der Waals surface area contributed by atoms with Crippen molar-refractivity contribution >= 4 is 51.9 Å². The predicted molar refractivity (Wildman–Crippen MR) is 116 cm³/mol. The molecule has 1 saturated heterocycles. The van der Waals surface area contributed by atoms with E-state index in [1.807, 2.05) is 33.7 Å². The second-order valence-corrected chi connectivity index (χ2v) is 8.28. The number of thioether (sulfide) groups is 1. The molecule has 29 heavy (non-hydrogen) atoms. The van der Waals surface area contributed by atoms with Crippen molar-refractivity contribution < 1.29 is 9.59 Å². The molecule has 1 aromatic heterocycles. The summed E-state index contributed by atoms with van der Waals surface area (Å²) >= 11 is 7.21. The van der Waals surface area contributed by atoms with Gasteiger partial charge < -0.3 is 14.8 Å². The van der Waals surface area contributed by atoms with Crippen LogP contribution < -0.4 is 5.32 Å². The Morgan fingerprint density at radius 1 is 1.07 bits per heavy atom. The molecular formula is C21H21ClN4O2S. The molecule has 6 nitrogen and oxygen atoms in total. The number of nitrogens with zero attached hydrogens (tertiary/aromatic N) is 3. The second kappa shape index (κ2) is 8.88. The number of imidazole rings is 1. The van der Waals surface area contributed by atoms with Crippen LogP contribution in [0.5, 0.6) is 0 Å². The number of rotatable bonds is 6. The summed E-state index contributed by atoms with van der Waals surface area (Å²) in [4.78, 5) is 31.6. The number of carbonyl (C=O) groups excluding carboxylic acids is 2. The fraction of sp³-hybridized carbons (Fsp3) is 0.286. The van der Waals surface area contributed by atoms with Crippen molar-refractivity contribution in [1.82, 2.24) is 14.5 Å². The van der Waals surface area contributed by atoms with E-state index >= 15 is 0 Å². The molecular weight excluding hydrogens is 408 g/mol. The number of benzene rings is 2. The minimum Gasteiger partial charge on any atom is -0.341 e. The zero-order chi connectivity index (χ0) is 20.2. The third-order valence-corrected chi connectivity index (χ3v) is 6.06. The second-order valence-electron chi connectivity index (χ2n) is 6.90. The number of hydrogen-bond acceptors (Lipinski definition) is 4. The molecule has 0 aliphatic carbocycles. The molecule has 1 aliphatic rings. The molecule has 2 aromatic carbocycles. The number of para-hydroxylation sites is 2. The lowest BCUT2D eigenvalue weighted by molar-refractivity contribution is -0.130. The smallest absolute Gasteiger partial charge is 0.242 e. The topological polar surface area (TPSA) is 67.2 Å². The molecule has 2 amide bonds. The van der Waals surface area contributed by atoms with E-state index in [9.17, 15) is 9.59 Å². The first kappa shape index (κ1) is 19.8. The monoisotopic (exact) mass is 428 g/mol. The van der Waals surface area contributed by atoms with E-state index in [4.69, 9.17) is 11.6 Å². The van der Waals surface area contributed by atoms with E-state index < -0.39 is 0 Å². The Kier molecular flexibility index (Phi) is 6.06. The summed E-state index contributed by atoms with van der Waals surface area (Å²) in [6.07, 6.45) is 2.12. The summed E-state index contributed by atoms with van der Waals surface area (Å²) in [5, 5.41) is 4.14. The van der Waals surface area contributed by atoms with E-state index in [1.54, 1.807) is 24.3 Å². The van der Waals surface area contributed by atoms with E-state index in [-0.39, 0.29) is 24.1 Å². The van der Waals surface area contributed by atoms with Crippen LogP contribution in [-0.2, 0) is 16.1 Å². The normalized spacial score (nSPS) is 13.8. The van der Waals surface area contributed by atoms with Gasteiger partial charge in [0.15, 0.2) is 5.16 Å². The maximum Gasteiger partial charge on any atom is 0.242 e. The highest BCUT2D eigenvalue weighted by atomic mass is 35.5. The Bertz CT molecular complexity index is 1030. The molecule has 0 spiro atoms. The molecule has 1 N–H and O–H groups in total. The van der Waals surface area contributed by atoms with Gasteiger partial charge in [0.1, 0.15) is 6.54 Å². The number of halogens is 1. The Labute approximate surface area is 178 Å². The Balaban J connectivity index is 1.48. The zero-order valence-electron chi connectivity index (χ0n) is 15.8. The lowest BCUT2D eigenvalue weighted by Crippen LogP contribution is -2.31. The Morgan fingerprint density at radius 3 is 2.55 bits per heavy atom. The molecule has 0 bridgehead atoms. The van der Waals surface area contributed by atoms with Crippen LogP contribution >= 0.6 is 23.4 Å². The molecule has 150 valence electrons. The fourth-order valence-electron chi connectivity index (χ4n) is 3.38. The molecule has 0 atom stereocenters. The first-order valence-electron chi connectivity index (χ1n) is 9.51. The summed E-state index contributed by atoms with van der Waals surface area (Å²) < 4.78 is 1.91. The van der Waals surface area contributed by atoms with Crippen molar-refractivity contribution in [2.75, 3.05) is 24.2 Å². The van der Waals surface area contributed by atoms with Crippen molar-refractivity contribution in [2.45, 2.75) is 24.5 Å². The van der Waals surface area contributed by atoms with Crippen LogP contribution in [0.4, 0.5) is 5.69 Å². The molecule has 0 radical (unpaired) electrons. The van der Waals surface area contributed by atoms with Crippen LogP contribution in [0.25, 0.3) is 11.0 Å². The zero-order valence-corrected chi connectivity index (χ0v) is 17.4. The van der Waals surface area contributed by atoms with Crippen LogP contribution in [0.3, 0.4) is 0 Å². The average molecular weight is 429 g/mol. The Hall–Kier alpha value is -2.51. The van der Waals surface area contributed by atoms with Gasteiger partial charge in [-0.2, -0.15) is 0 Å². The lowest BCUT2D eigenvalue weighted by atomic mass is 10.3. The minimum atomic E-state index is -0.137. The third-order valence-electron chi connectivity index (χ3n) is 4.83. The van der Waals surface area contributed by atoms with Crippen LogP contribution in [0.15, 0.2) is 53.7 Å². The number of nitrogens with one attached hydrogen (secondary N) is 1. The number of amides is 2. The van der Waals surface area contributed by atoms with Gasteiger partial charge in [-0.1, -0.05) is 35.5 Å². The number of carbonyl (C=O) groups is 2. The lowest BCUT2D eigenvalue weighted by Gasteiger charge is -2.17. The number of aromatic nitrogens is 2. The molecule has 2 heterocycles. The molecule has 8 heteroatoms. The van der Waals surface area contributed by atoms with Gasteiger partial charge >= 0.3 is 0 Å². The van der Waals surface area contributed by atoms with Crippen LogP contribution in [0.1, 0.15) is 12.8 Å². The summed E-state index contributed by atoms with van der Waals surface area (Å²) in [5.74, 6) is 0.157. The standard InChI is InChI=1S/C21H21ClN4O2S/c22-15-7-9-16(10-8-15)23-19(27)14-29-21-24-17-5-1-2-6-18(17)26(21)13-20(28)25-11-3-4-12-25/h1-2,5-10H,3-4,11-14H2,(H,23,27). The number of fused-ring (bicyclic) bond motifs is 1. The molecule has 4 rings (SSSR count). The van der Waals surface area contributed by atoms with Gasteiger partial charge in [0.2, 0.25) is 11.8 Å². The molecule has 1 fully saturated rings. The number of likely N-dealkylation sites (tertiary alicyclic amines) is 1. The quantitative estimate of drug-likeness (QED) is 0.601. The predicted octanol–water partition coefficient (Wildman–Crippen LogP) is 4.04. The van der Waals surface area contributed by atoms with Gasteiger partial charge in [0, 0.05) is 23.8 Å². The van der Waals surface area contributed by atoms with E-state index in [0.29, 0.717) is 15.9 Å². The summed E-state index contributed by atoms with van der Waals surface area (Å²) in [6.45, 7) is 1.87. The maximum absolute atomic E-state index is 12.7. The first-order chi connectivity index (χ1) is 14.1.